The second-order valence-corrected chi connectivity index (χ2v) is 10.0. The fourth-order valence-electron chi connectivity index (χ4n) is 5.53. The van der Waals surface area contributed by atoms with Crippen LogP contribution >= 0.6 is 0 Å². The molecule has 0 amide bonds. The lowest BCUT2D eigenvalue weighted by Crippen LogP contribution is -2.71. The molecule has 0 aromatic carbocycles. The zero-order chi connectivity index (χ0) is 18.2. The molecule has 4 nitrogen and oxygen atoms in total. The van der Waals surface area contributed by atoms with Crippen molar-refractivity contribution < 1.29 is 4.74 Å². The van der Waals surface area contributed by atoms with Crippen LogP contribution in [0.1, 0.15) is 52.4 Å². The lowest BCUT2D eigenvalue weighted by atomic mass is 9.73. The lowest BCUT2D eigenvalue weighted by Gasteiger charge is -2.60. The van der Waals surface area contributed by atoms with Crippen molar-refractivity contribution in [3.63, 3.8) is 0 Å². The molecule has 4 heteroatoms. The number of nitrogens with zero attached hydrogens (tertiary/aromatic N) is 2. The number of hydrogen-bond donors (Lipinski definition) is 1. The molecule has 4 fully saturated rings. The van der Waals surface area contributed by atoms with E-state index < -0.39 is 0 Å². The zero-order valence-corrected chi connectivity index (χ0v) is 17.2. The van der Waals surface area contributed by atoms with Gasteiger partial charge in [-0.2, -0.15) is 0 Å². The summed E-state index contributed by atoms with van der Waals surface area (Å²) in [7, 11) is 2.24. The highest BCUT2D eigenvalue weighted by Gasteiger charge is 2.50. The van der Waals surface area contributed by atoms with Gasteiger partial charge in [0.1, 0.15) is 6.10 Å². The Morgan fingerprint density at radius 1 is 1.19 bits per heavy atom. The predicted molar refractivity (Wildman–Crippen MR) is 107 cm³/mol. The molecule has 1 spiro atoms. The first-order chi connectivity index (χ1) is 12.5. The third-order valence-electron chi connectivity index (χ3n) is 7.07. The van der Waals surface area contributed by atoms with Gasteiger partial charge in [-0.25, -0.2) is 0 Å². The molecule has 4 rings (SSSR count). The van der Waals surface area contributed by atoms with E-state index in [1.165, 1.54) is 64.0 Å². The Morgan fingerprint density at radius 3 is 2.46 bits per heavy atom. The third kappa shape index (κ3) is 4.13. The minimum atomic E-state index is 0.232. The van der Waals surface area contributed by atoms with Crippen molar-refractivity contribution in [3.8, 4) is 0 Å². The second-order valence-electron chi connectivity index (χ2n) is 10.0. The number of hydrogen-bond acceptors (Lipinski definition) is 4. The van der Waals surface area contributed by atoms with Gasteiger partial charge in [-0.1, -0.05) is 26.7 Å². The highest BCUT2D eigenvalue weighted by molar-refractivity contribution is 5.10. The molecular weight excluding hydrogens is 322 g/mol. The maximum atomic E-state index is 6.81. The SMILES string of the molecule is CC/C=C(\OC(CC1CC1)CN1CC2(CN(C)C2)C1)C1(C)CCNCC1. The smallest absolute Gasteiger partial charge is 0.111 e. The fraction of sp³-hybridized carbons (Fsp3) is 0.909. The summed E-state index contributed by atoms with van der Waals surface area (Å²) in [6, 6.07) is 0. The van der Waals surface area contributed by atoms with E-state index in [0.717, 1.165) is 32.0 Å². The summed E-state index contributed by atoms with van der Waals surface area (Å²) in [5.41, 5.74) is 0.859. The van der Waals surface area contributed by atoms with Gasteiger partial charge in [-0.3, -0.25) is 4.90 Å². The largest absolute Gasteiger partial charge is 0.493 e. The molecule has 26 heavy (non-hydrogen) atoms. The topological polar surface area (TPSA) is 27.7 Å². The van der Waals surface area contributed by atoms with E-state index in [1.807, 2.05) is 0 Å². The number of likely N-dealkylation sites (tertiary alicyclic amines) is 2. The number of ether oxygens (including phenoxy) is 1. The van der Waals surface area contributed by atoms with Crippen LogP contribution in [0.25, 0.3) is 0 Å². The van der Waals surface area contributed by atoms with Crippen LogP contribution in [-0.2, 0) is 4.74 Å². The van der Waals surface area contributed by atoms with Gasteiger partial charge >= 0.3 is 0 Å². The van der Waals surface area contributed by atoms with Crippen molar-refractivity contribution in [2.45, 2.75) is 58.5 Å². The van der Waals surface area contributed by atoms with Crippen molar-refractivity contribution in [1.82, 2.24) is 15.1 Å². The molecule has 0 radical (unpaired) electrons. The second kappa shape index (κ2) is 7.44. The van der Waals surface area contributed by atoms with E-state index >= 15 is 0 Å². The third-order valence-corrected chi connectivity index (χ3v) is 7.07. The first-order valence-electron chi connectivity index (χ1n) is 11.0. The highest BCUT2D eigenvalue weighted by Crippen LogP contribution is 2.42. The van der Waals surface area contributed by atoms with Gasteiger partial charge in [0.2, 0.25) is 0 Å². The molecule has 0 aromatic heterocycles. The molecule has 3 saturated heterocycles. The average Bonchev–Trinajstić information content (AvgIpc) is 3.35. The molecule has 0 aromatic rings. The van der Waals surface area contributed by atoms with Crippen molar-refractivity contribution in [3.05, 3.63) is 11.8 Å². The Hall–Kier alpha value is -0.580. The molecule has 1 N–H and O–H groups in total. The van der Waals surface area contributed by atoms with Crippen molar-refractivity contribution in [2.24, 2.45) is 16.7 Å². The Bertz CT molecular complexity index is 507. The molecule has 1 aliphatic carbocycles. The quantitative estimate of drug-likeness (QED) is 0.673. The van der Waals surface area contributed by atoms with E-state index in [4.69, 9.17) is 4.74 Å². The normalized spacial score (nSPS) is 29.9. The van der Waals surface area contributed by atoms with Crippen LogP contribution < -0.4 is 5.32 Å². The van der Waals surface area contributed by atoms with Gasteiger partial charge in [-0.05, 0) is 57.8 Å². The molecular formula is C22H39N3O. The van der Waals surface area contributed by atoms with Crippen molar-refractivity contribution in [2.75, 3.05) is 52.9 Å². The molecule has 1 unspecified atom stereocenters. The molecule has 148 valence electrons. The summed E-state index contributed by atoms with van der Waals surface area (Å²) in [4.78, 5) is 5.12. The van der Waals surface area contributed by atoms with E-state index in [-0.39, 0.29) is 5.41 Å². The average molecular weight is 362 g/mol. The number of nitrogens with one attached hydrogen (secondary N) is 1. The summed E-state index contributed by atoms with van der Waals surface area (Å²) in [5.74, 6) is 2.22. The van der Waals surface area contributed by atoms with Crippen LogP contribution in [0.2, 0.25) is 0 Å². The van der Waals surface area contributed by atoms with Crippen LogP contribution in [0, 0.1) is 16.7 Å². The Morgan fingerprint density at radius 2 is 1.88 bits per heavy atom. The zero-order valence-electron chi connectivity index (χ0n) is 17.2. The summed E-state index contributed by atoms with van der Waals surface area (Å²) in [5, 5.41) is 3.51. The summed E-state index contributed by atoms with van der Waals surface area (Å²) >= 11 is 0. The molecule has 3 heterocycles. The highest BCUT2D eigenvalue weighted by atomic mass is 16.5. The maximum absolute atomic E-state index is 6.81. The van der Waals surface area contributed by atoms with Crippen molar-refractivity contribution >= 4 is 0 Å². The Labute approximate surface area is 160 Å². The van der Waals surface area contributed by atoms with Gasteiger partial charge in [-0.15, -0.1) is 0 Å². The molecule has 0 bridgehead atoms. The summed E-state index contributed by atoms with van der Waals surface area (Å²) < 4.78 is 6.81. The van der Waals surface area contributed by atoms with Crippen LogP contribution in [0.4, 0.5) is 0 Å². The van der Waals surface area contributed by atoms with Crippen LogP contribution in [0.5, 0.6) is 0 Å². The van der Waals surface area contributed by atoms with Gasteiger partial charge in [0.05, 0.1) is 5.76 Å². The van der Waals surface area contributed by atoms with Gasteiger partial charge in [0.15, 0.2) is 0 Å². The molecule has 1 saturated carbocycles. The monoisotopic (exact) mass is 361 g/mol. The van der Waals surface area contributed by atoms with E-state index in [2.05, 4.69) is 42.1 Å². The van der Waals surface area contributed by atoms with E-state index in [1.54, 1.807) is 0 Å². The maximum Gasteiger partial charge on any atom is 0.111 e. The van der Waals surface area contributed by atoms with E-state index in [9.17, 15) is 0 Å². The number of rotatable bonds is 8. The van der Waals surface area contributed by atoms with Gasteiger partial charge < -0.3 is 15.0 Å². The van der Waals surface area contributed by atoms with Gasteiger partial charge in [0, 0.05) is 43.6 Å². The fourth-order valence-corrected chi connectivity index (χ4v) is 5.53. The summed E-state index contributed by atoms with van der Waals surface area (Å²) in [6.45, 7) is 13.2. The van der Waals surface area contributed by atoms with Crippen LogP contribution in [-0.4, -0.2) is 68.8 Å². The molecule has 4 aliphatic rings. The first-order valence-corrected chi connectivity index (χ1v) is 11.0. The van der Waals surface area contributed by atoms with Crippen LogP contribution in [0.15, 0.2) is 11.8 Å². The lowest BCUT2D eigenvalue weighted by molar-refractivity contribution is -0.118. The number of allylic oxidation sites excluding steroid dienone is 2. The van der Waals surface area contributed by atoms with Crippen LogP contribution in [0.3, 0.4) is 0 Å². The minimum Gasteiger partial charge on any atom is -0.493 e. The molecule has 1 atom stereocenters. The summed E-state index contributed by atoms with van der Waals surface area (Å²) in [6.07, 6.45) is 10.4. The first kappa shape index (κ1) is 18.8. The minimum absolute atomic E-state index is 0.232. The number of piperidine rings is 1. The predicted octanol–water partition coefficient (Wildman–Crippen LogP) is 3.10. The standard InChI is InChI=1S/C22H39N3O/c1-4-5-20(21(2)8-10-23-11-9-21)26-19(12-18-6-7-18)13-25-16-22(17-25)14-24(3)15-22/h5,18-19,23H,4,6-17H2,1-3H3/b20-5-. The molecule has 3 aliphatic heterocycles. The van der Waals surface area contributed by atoms with Gasteiger partial charge in [0.25, 0.3) is 0 Å². The van der Waals surface area contributed by atoms with Crippen molar-refractivity contribution in [1.29, 1.82) is 0 Å². The Balaban J connectivity index is 1.36. The van der Waals surface area contributed by atoms with E-state index in [0.29, 0.717) is 11.5 Å². The Kier molecular flexibility index (Phi) is 5.37.